The molecule has 1 nitrogen and oxygen atoms in total. The first-order valence-corrected chi connectivity index (χ1v) is 17.0. The Morgan fingerprint density at radius 1 is 0.383 bits per heavy atom. The van der Waals surface area contributed by atoms with Gasteiger partial charge in [-0.1, -0.05) is 145 Å². The molecule has 0 aromatic heterocycles. The zero-order valence-corrected chi connectivity index (χ0v) is 28.4. The molecule has 0 fully saturated rings. The predicted octanol–water partition coefficient (Wildman–Crippen LogP) is 12.8. The fraction of sp³-hybridized carbons (Fsp3) is 0.217. The van der Waals surface area contributed by atoms with E-state index in [0.29, 0.717) is 0 Å². The molecule has 0 amide bonds. The lowest BCUT2D eigenvalue weighted by molar-refractivity contribution is 0.403. The highest BCUT2D eigenvalue weighted by Gasteiger charge is 2.42. The van der Waals surface area contributed by atoms with Crippen LogP contribution in [-0.4, -0.2) is 0 Å². The zero-order valence-electron chi connectivity index (χ0n) is 28.4. The molecule has 1 heteroatoms. The van der Waals surface area contributed by atoms with Crippen LogP contribution in [0, 0.1) is 0 Å². The van der Waals surface area contributed by atoms with Crippen LogP contribution in [0.1, 0.15) is 70.2 Å². The number of hydrogen-bond acceptors (Lipinski definition) is 1. The van der Waals surface area contributed by atoms with E-state index in [9.17, 15) is 0 Å². The van der Waals surface area contributed by atoms with Gasteiger partial charge in [-0.2, -0.15) is 0 Å². The number of nitrogens with zero attached hydrogens (tertiary/aromatic N) is 1. The topological polar surface area (TPSA) is 3.24 Å². The Bertz CT molecular complexity index is 2130. The van der Waals surface area contributed by atoms with Crippen molar-refractivity contribution < 1.29 is 0 Å². The number of anilines is 3. The van der Waals surface area contributed by atoms with Gasteiger partial charge in [-0.05, 0) is 109 Å². The fourth-order valence-electron chi connectivity index (χ4n) is 8.71. The summed E-state index contributed by atoms with van der Waals surface area (Å²) in [7, 11) is 0. The first kappa shape index (κ1) is 29.5. The number of rotatable bonds is 5. The van der Waals surface area contributed by atoms with Gasteiger partial charge in [-0.15, -0.1) is 0 Å². The Labute approximate surface area is 280 Å². The molecule has 2 aliphatic rings. The molecule has 232 valence electrons. The van der Waals surface area contributed by atoms with E-state index in [1.54, 1.807) is 0 Å². The smallest absolute Gasteiger partial charge is 0.0467 e. The Hall–Kier alpha value is -4.88. The van der Waals surface area contributed by atoms with Gasteiger partial charge in [0.15, 0.2) is 0 Å². The SMILES string of the molecule is CC1(C)CC(C)(C)c2cc(-c3cccc(N(c4ccc(-c5ccccc5)cc4)c4ccc5c(c4)C(C)(C)c4ccccc4-5)c3)ccc21. The number of benzene rings is 6. The monoisotopic (exact) mass is 609 g/mol. The van der Waals surface area contributed by atoms with Gasteiger partial charge in [0, 0.05) is 22.5 Å². The van der Waals surface area contributed by atoms with Crippen LogP contribution in [0.15, 0.2) is 140 Å². The molecule has 0 aliphatic heterocycles. The quantitative estimate of drug-likeness (QED) is 0.188. The zero-order chi connectivity index (χ0) is 32.6. The highest BCUT2D eigenvalue weighted by Crippen LogP contribution is 2.52. The standard InChI is InChI=1S/C46H43N/c1-44(2)30-45(3,4)43-28-34(21-26-41(43)44)33-15-12-16-36(27-33)47(35-22-19-32(20-23-35)31-13-8-7-9-14-31)37-24-25-39-38-17-10-11-18-40(38)46(5,6)42(39)29-37/h7-29H,30H2,1-6H3. The van der Waals surface area contributed by atoms with E-state index in [4.69, 9.17) is 0 Å². The molecular formula is C46H43N. The highest BCUT2D eigenvalue weighted by molar-refractivity contribution is 5.87. The molecule has 0 unspecified atom stereocenters. The fourth-order valence-corrected chi connectivity index (χ4v) is 8.71. The van der Waals surface area contributed by atoms with E-state index >= 15 is 0 Å². The second-order valence-corrected chi connectivity index (χ2v) is 15.4. The average Bonchev–Trinajstić information content (AvgIpc) is 3.42. The van der Waals surface area contributed by atoms with Gasteiger partial charge in [0.1, 0.15) is 0 Å². The van der Waals surface area contributed by atoms with Gasteiger partial charge in [0.2, 0.25) is 0 Å². The first-order valence-electron chi connectivity index (χ1n) is 17.0. The van der Waals surface area contributed by atoms with Crippen molar-refractivity contribution >= 4 is 17.1 Å². The summed E-state index contributed by atoms with van der Waals surface area (Å²) in [5, 5.41) is 0. The van der Waals surface area contributed by atoms with E-state index in [1.807, 2.05) is 0 Å². The van der Waals surface area contributed by atoms with Gasteiger partial charge in [-0.25, -0.2) is 0 Å². The molecule has 0 atom stereocenters. The molecule has 0 radical (unpaired) electrons. The lowest BCUT2D eigenvalue weighted by Crippen LogP contribution is -2.17. The second-order valence-electron chi connectivity index (χ2n) is 15.4. The van der Waals surface area contributed by atoms with Gasteiger partial charge in [0.05, 0.1) is 0 Å². The molecule has 0 bridgehead atoms. The van der Waals surface area contributed by atoms with E-state index in [-0.39, 0.29) is 16.2 Å². The van der Waals surface area contributed by atoms with Crippen molar-refractivity contribution in [3.63, 3.8) is 0 Å². The van der Waals surface area contributed by atoms with Gasteiger partial charge < -0.3 is 4.90 Å². The predicted molar refractivity (Wildman–Crippen MR) is 200 cm³/mol. The Morgan fingerprint density at radius 2 is 0.957 bits per heavy atom. The van der Waals surface area contributed by atoms with Crippen LogP contribution in [0.3, 0.4) is 0 Å². The maximum atomic E-state index is 2.46. The normalized spacial score (nSPS) is 16.3. The lowest BCUT2D eigenvalue weighted by atomic mass is 9.82. The Kier molecular flexibility index (Phi) is 6.64. The summed E-state index contributed by atoms with van der Waals surface area (Å²) in [5.74, 6) is 0. The third-order valence-corrected chi connectivity index (χ3v) is 10.9. The average molecular weight is 610 g/mol. The molecule has 0 N–H and O–H groups in total. The Balaban J connectivity index is 1.26. The van der Waals surface area contributed by atoms with Gasteiger partial charge >= 0.3 is 0 Å². The molecule has 0 heterocycles. The summed E-state index contributed by atoms with van der Waals surface area (Å²) >= 11 is 0. The van der Waals surface area contributed by atoms with Crippen LogP contribution in [0.25, 0.3) is 33.4 Å². The minimum atomic E-state index is -0.0718. The van der Waals surface area contributed by atoms with Crippen LogP contribution in [0.5, 0.6) is 0 Å². The summed E-state index contributed by atoms with van der Waals surface area (Å²) < 4.78 is 0. The number of fused-ring (bicyclic) bond motifs is 4. The third kappa shape index (κ3) is 4.83. The van der Waals surface area contributed by atoms with Crippen molar-refractivity contribution in [1.82, 2.24) is 0 Å². The molecule has 0 spiro atoms. The summed E-state index contributed by atoms with van der Waals surface area (Å²) in [6, 6.07) is 51.9. The second kappa shape index (κ2) is 10.6. The summed E-state index contributed by atoms with van der Waals surface area (Å²) in [6.07, 6.45) is 1.17. The van der Waals surface area contributed by atoms with Crippen LogP contribution in [-0.2, 0) is 16.2 Å². The van der Waals surface area contributed by atoms with Crippen molar-refractivity contribution in [2.45, 2.75) is 64.2 Å². The summed E-state index contributed by atoms with van der Waals surface area (Å²) in [5.41, 5.74) is 17.2. The van der Waals surface area contributed by atoms with E-state index in [0.717, 1.165) is 11.4 Å². The molecular weight excluding hydrogens is 567 g/mol. The largest absolute Gasteiger partial charge is 0.310 e. The van der Waals surface area contributed by atoms with Crippen LogP contribution in [0.4, 0.5) is 17.1 Å². The maximum Gasteiger partial charge on any atom is 0.0467 e. The third-order valence-electron chi connectivity index (χ3n) is 10.9. The molecule has 8 rings (SSSR count). The van der Waals surface area contributed by atoms with Gasteiger partial charge in [0.25, 0.3) is 0 Å². The Morgan fingerprint density at radius 3 is 1.74 bits per heavy atom. The molecule has 0 saturated heterocycles. The van der Waals surface area contributed by atoms with Crippen LogP contribution >= 0.6 is 0 Å². The lowest BCUT2D eigenvalue weighted by Gasteiger charge is -2.28. The minimum Gasteiger partial charge on any atom is -0.310 e. The van der Waals surface area contributed by atoms with Gasteiger partial charge in [-0.3, -0.25) is 0 Å². The van der Waals surface area contributed by atoms with Crippen molar-refractivity contribution in [2.75, 3.05) is 4.90 Å². The van der Waals surface area contributed by atoms with E-state index in [2.05, 4.69) is 186 Å². The summed E-state index contributed by atoms with van der Waals surface area (Å²) in [4.78, 5) is 2.43. The van der Waals surface area contributed by atoms with Crippen LogP contribution < -0.4 is 4.90 Å². The van der Waals surface area contributed by atoms with Crippen molar-refractivity contribution in [1.29, 1.82) is 0 Å². The van der Waals surface area contributed by atoms with Crippen molar-refractivity contribution in [2.24, 2.45) is 0 Å². The number of hydrogen-bond donors (Lipinski definition) is 0. The van der Waals surface area contributed by atoms with E-state index in [1.165, 1.54) is 67.7 Å². The molecule has 6 aromatic rings. The highest BCUT2D eigenvalue weighted by atomic mass is 15.1. The minimum absolute atomic E-state index is 0.0718. The summed E-state index contributed by atoms with van der Waals surface area (Å²) in [6.45, 7) is 14.3. The maximum absolute atomic E-state index is 2.46. The van der Waals surface area contributed by atoms with Crippen molar-refractivity contribution in [3.8, 4) is 33.4 Å². The molecule has 2 aliphatic carbocycles. The molecule has 0 saturated carbocycles. The van der Waals surface area contributed by atoms with E-state index < -0.39 is 0 Å². The first-order chi connectivity index (χ1) is 22.5. The van der Waals surface area contributed by atoms with Crippen molar-refractivity contribution in [3.05, 3.63) is 162 Å². The molecule has 6 aromatic carbocycles. The van der Waals surface area contributed by atoms with Crippen LogP contribution in [0.2, 0.25) is 0 Å². The molecule has 47 heavy (non-hydrogen) atoms.